The molecule has 116 valence electrons. The first-order valence-corrected chi connectivity index (χ1v) is 8.35. The van der Waals surface area contributed by atoms with Crippen LogP contribution in [0.2, 0.25) is 0 Å². The number of sulfonamides is 1. The molecule has 0 aliphatic carbocycles. The van der Waals surface area contributed by atoms with Gasteiger partial charge in [0.25, 0.3) is 5.91 Å². The Morgan fingerprint density at radius 1 is 1.29 bits per heavy atom. The number of benzene rings is 1. The Labute approximate surface area is 124 Å². The van der Waals surface area contributed by atoms with Crippen LogP contribution in [0.15, 0.2) is 29.2 Å². The highest BCUT2D eigenvalue weighted by Crippen LogP contribution is 2.24. The monoisotopic (exact) mass is 312 g/mol. The summed E-state index contributed by atoms with van der Waals surface area (Å²) < 4.78 is 31.6. The molecule has 0 bridgehead atoms. The minimum absolute atomic E-state index is 0.226. The van der Waals surface area contributed by atoms with Crippen molar-refractivity contribution < 1.29 is 17.9 Å². The van der Waals surface area contributed by atoms with Crippen molar-refractivity contribution in [2.45, 2.75) is 24.7 Å². The van der Waals surface area contributed by atoms with Gasteiger partial charge >= 0.3 is 0 Å². The van der Waals surface area contributed by atoms with Crippen LogP contribution in [0.1, 0.15) is 19.8 Å². The van der Waals surface area contributed by atoms with Gasteiger partial charge in [-0.15, -0.1) is 0 Å². The maximum atomic E-state index is 12.5. The number of piperidine rings is 1. The molecule has 1 aromatic rings. The van der Waals surface area contributed by atoms with Gasteiger partial charge in [-0.1, -0.05) is 6.92 Å². The first kappa shape index (κ1) is 15.8. The fourth-order valence-electron chi connectivity index (χ4n) is 2.24. The van der Waals surface area contributed by atoms with E-state index in [0.717, 1.165) is 12.8 Å². The molecule has 7 heteroatoms. The van der Waals surface area contributed by atoms with Gasteiger partial charge in [-0.2, -0.15) is 4.31 Å². The number of nitrogens with two attached hydrogens (primary N) is 1. The number of hydrogen-bond acceptors (Lipinski definition) is 4. The first-order valence-electron chi connectivity index (χ1n) is 6.91. The lowest BCUT2D eigenvalue weighted by Gasteiger charge is -2.29. The van der Waals surface area contributed by atoms with E-state index >= 15 is 0 Å². The zero-order valence-electron chi connectivity index (χ0n) is 12.0. The van der Waals surface area contributed by atoms with Gasteiger partial charge in [-0.25, -0.2) is 8.42 Å². The van der Waals surface area contributed by atoms with Gasteiger partial charge in [0.15, 0.2) is 6.61 Å². The van der Waals surface area contributed by atoms with E-state index in [4.69, 9.17) is 10.5 Å². The van der Waals surface area contributed by atoms with E-state index in [9.17, 15) is 13.2 Å². The lowest BCUT2D eigenvalue weighted by Crippen LogP contribution is -2.37. The summed E-state index contributed by atoms with van der Waals surface area (Å²) >= 11 is 0. The quantitative estimate of drug-likeness (QED) is 0.877. The second-order valence-corrected chi connectivity index (χ2v) is 7.25. The number of amides is 1. The van der Waals surface area contributed by atoms with Gasteiger partial charge in [0.05, 0.1) is 4.90 Å². The van der Waals surface area contributed by atoms with Crippen LogP contribution in [0, 0.1) is 5.92 Å². The second kappa shape index (κ2) is 6.44. The number of rotatable bonds is 5. The van der Waals surface area contributed by atoms with Crippen LogP contribution in [0.5, 0.6) is 5.75 Å². The van der Waals surface area contributed by atoms with E-state index in [2.05, 4.69) is 6.92 Å². The number of carbonyl (C=O) groups is 1. The SMILES string of the molecule is CC1CCN(S(=O)(=O)c2ccc(OCC(N)=O)cc2)CC1. The summed E-state index contributed by atoms with van der Waals surface area (Å²) in [6.07, 6.45) is 1.78. The third-order valence-corrected chi connectivity index (χ3v) is 5.50. The van der Waals surface area contributed by atoms with Crippen molar-refractivity contribution in [1.29, 1.82) is 0 Å². The summed E-state index contributed by atoms with van der Waals surface area (Å²) in [6, 6.07) is 6.04. The van der Waals surface area contributed by atoms with Crippen molar-refractivity contribution >= 4 is 15.9 Å². The Hall–Kier alpha value is -1.60. The van der Waals surface area contributed by atoms with Gasteiger partial charge in [-0.05, 0) is 43.0 Å². The molecule has 0 saturated carbocycles. The molecule has 1 aliphatic heterocycles. The highest BCUT2D eigenvalue weighted by Gasteiger charge is 2.27. The number of nitrogens with zero attached hydrogens (tertiary/aromatic N) is 1. The molecule has 1 heterocycles. The van der Waals surface area contributed by atoms with E-state index in [1.54, 1.807) is 0 Å². The average Bonchev–Trinajstić information content (AvgIpc) is 2.46. The molecule has 0 atom stereocenters. The standard InChI is InChI=1S/C14H20N2O4S/c1-11-6-8-16(9-7-11)21(18,19)13-4-2-12(3-5-13)20-10-14(15)17/h2-5,11H,6-10H2,1H3,(H2,15,17). The molecule has 2 rings (SSSR count). The summed E-state index contributed by atoms with van der Waals surface area (Å²) in [6.45, 7) is 3.03. The van der Waals surface area contributed by atoms with Crippen LogP contribution in [0.3, 0.4) is 0 Å². The first-order chi connectivity index (χ1) is 9.89. The van der Waals surface area contributed by atoms with Crippen molar-refractivity contribution in [2.75, 3.05) is 19.7 Å². The Kier molecular flexibility index (Phi) is 4.84. The zero-order valence-corrected chi connectivity index (χ0v) is 12.8. The molecule has 1 aromatic carbocycles. The van der Waals surface area contributed by atoms with Crippen LogP contribution in [0.4, 0.5) is 0 Å². The summed E-state index contributed by atoms with van der Waals surface area (Å²) in [4.78, 5) is 10.9. The smallest absolute Gasteiger partial charge is 0.255 e. The molecule has 0 spiro atoms. The summed E-state index contributed by atoms with van der Waals surface area (Å²) in [5.74, 6) is 0.412. The van der Waals surface area contributed by atoms with E-state index in [1.807, 2.05) is 0 Å². The van der Waals surface area contributed by atoms with Crippen molar-refractivity contribution in [1.82, 2.24) is 4.31 Å². The zero-order chi connectivity index (χ0) is 15.5. The molecule has 2 N–H and O–H groups in total. The predicted octanol–water partition coefficient (Wildman–Crippen LogP) is 0.971. The summed E-state index contributed by atoms with van der Waals surface area (Å²) in [5, 5.41) is 0. The Morgan fingerprint density at radius 3 is 2.38 bits per heavy atom. The van der Waals surface area contributed by atoms with Crippen LogP contribution < -0.4 is 10.5 Å². The third-order valence-electron chi connectivity index (χ3n) is 3.59. The van der Waals surface area contributed by atoms with Crippen LogP contribution in [0.25, 0.3) is 0 Å². The van der Waals surface area contributed by atoms with Gasteiger partial charge in [0.1, 0.15) is 5.75 Å². The Bertz CT molecular complexity index is 590. The van der Waals surface area contributed by atoms with Crippen molar-refractivity contribution in [3.63, 3.8) is 0 Å². The molecule has 1 fully saturated rings. The van der Waals surface area contributed by atoms with E-state index in [0.29, 0.717) is 24.8 Å². The molecule has 21 heavy (non-hydrogen) atoms. The lowest BCUT2D eigenvalue weighted by atomic mass is 10.0. The van der Waals surface area contributed by atoms with E-state index < -0.39 is 15.9 Å². The molecule has 0 aromatic heterocycles. The molecular formula is C14H20N2O4S. The van der Waals surface area contributed by atoms with Crippen molar-refractivity contribution in [3.05, 3.63) is 24.3 Å². The molecule has 6 nitrogen and oxygen atoms in total. The summed E-state index contributed by atoms with van der Waals surface area (Å²) in [7, 11) is -3.45. The van der Waals surface area contributed by atoms with Gasteiger partial charge in [0.2, 0.25) is 10.0 Å². The van der Waals surface area contributed by atoms with E-state index in [-0.39, 0.29) is 11.5 Å². The van der Waals surface area contributed by atoms with Crippen molar-refractivity contribution in [3.8, 4) is 5.75 Å². The van der Waals surface area contributed by atoms with Gasteiger partial charge < -0.3 is 10.5 Å². The minimum Gasteiger partial charge on any atom is -0.484 e. The maximum absolute atomic E-state index is 12.5. The van der Waals surface area contributed by atoms with Crippen LogP contribution in [-0.2, 0) is 14.8 Å². The number of primary amides is 1. The third kappa shape index (κ3) is 3.95. The fourth-order valence-corrected chi connectivity index (χ4v) is 3.71. The highest BCUT2D eigenvalue weighted by atomic mass is 32.2. The molecule has 1 aliphatic rings. The molecule has 0 radical (unpaired) electrons. The average molecular weight is 312 g/mol. The normalized spacial score (nSPS) is 17.6. The molecule has 0 unspecified atom stereocenters. The van der Waals surface area contributed by atoms with Crippen molar-refractivity contribution in [2.24, 2.45) is 11.7 Å². The second-order valence-electron chi connectivity index (χ2n) is 5.31. The van der Waals surface area contributed by atoms with E-state index in [1.165, 1.54) is 28.6 Å². The van der Waals surface area contributed by atoms with Gasteiger partial charge in [-0.3, -0.25) is 4.79 Å². The van der Waals surface area contributed by atoms with Gasteiger partial charge in [0, 0.05) is 13.1 Å². The minimum atomic E-state index is -3.45. The van der Waals surface area contributed by atoms with Crippen LogP contribution in [-0.4, -0.2) is 38.3 Å². The Morgan fingerprint density at radius 2 is 1.86 bits per heavy atom. The molecule has 1 saturated heterocycles. The predicted molar refractivity (Wildman–Crippen MR) is 78.3 cm³/mol. The maximum Gasteiger partial charge on any atom is 0.255 e. The largest absolute Gasteiger partial charge is 0.484 e. The molecule has 1 amide bonds. The summed E-state index contributed by atoms with van der Waals surface area (Å²) in [5.41, 5.74) is 4.98. The Balaban J connectivity index is 2.08. The number of hydrogen-bond donors (Lipinski definition) is 1. The molecular weight excluding hydrogens is 292 g/mol. The number of carbonyl (C=O) groups excluding carboxylic acids is 1. The lowest BCUT2D eigenvalue weighted by molar-refractivity contribution is -0.119. The topological polar surface area (TPSA) is 89.7 Å². The number of ether oxygens (including phenoxy) is 1. The van der Waals surface area contributed by atoms with Crippen LogP contribution >= 0.6 is 0 Å². The highest BCUT2D eigenvalue weighted by molar-refractivity contribution is 7.89. The fraction of sp³-hybridized carbons (Fsp3) is 0.500.